The molecule has 1 unspecified atom stereocenters. The molecule has 1 nitrogen and oxygen atoms in total. The molecule has 0 aromatic heterocycles. The van der Waals surface area contributed by atoms with Crippen LogP contribution in [-0.2, 0) is 4.79 Å². The second-order valence-corrected chi connectivity index (χ2v) is 3.46. The van der Waals surface area contributed by atoms with E-state index in [2.05, 4.69) is 0 Å². The summed E-state index contributed by atoms with van der Waals surface area (Å²) in [6, 6.07) is 0. The van der Waals surface area contributed by atoms with Gasteiger partial charge in [-0.1, -0.05) is 6.42 Å². The molecule has 0 amide bonds. The summed E-state index contributed by atoms with van der Waals surface area (Å²) in [6.07, 6.45) is -3.16. The van der Waals surface area contributed by atoms with E-state index < -0.39 is 18.3 Å². The first-order valence-electron chi connectivity index (χ1n) is 4.50. The summed E-state index contributed by atoms with van der Waals surface area (Å²) in [5.74, 6) is 0. The number of rotatable bonds is 6. The normalized spacial score (nSPS) is 16.4. The van der Waals surface area contributed by atoms with Crippen molar-refractivity contribution in [1.82, 2.24) is 0 Å². The number of hydrogen-bond acceptors (Lipinski definition) is 1. The van der Waals surface area contributed by atoms with Crippen molar-refractivity contribution in [3.63, 3.8) is 0 Å². The fourth-order valence-corrected chi connectivity index (χ4v) is 1.00. The van der Waals surface area contributed by atoms with Crippen molar-refractivity contribution in [2.45, 2.75) is 50.9 Å². The lowest BCUT2D eigenvalue weighted by Gasteiger charge is -2.23. The van der Waals surface area contributed by atoms with Gasteiger partial charge in [0, 0.05) is 6.42 Å². The third kappa shape index (κ3) is 4.58. The molecule has 14 heavy (non-hydrogen) atoms. The van der Waals surface area contributed by atoms with Crippen molar-refractivity contribution in [2.75, 3.05) is 0 Å². The van der Waals surface area contributed by atoms with Gasteiger partial charge in [0.1, 0.15) is 6.29 Å². The van der Waals surface area contributed by atoms with Crippen LogP contribution in [0.3, 0.4) is 0 Å². The van der Waals surface area contributed by atoms with Gasteiger partial charge >= 0.3 is 6.18 Å². The predicted octanol–water partition coefficient (Wildman–Crippen LogP) is 3.43. The fraction of sp³-hybridized carbons (Fsp3) is 0.889. The molecule has 1 atom stereocenters. The second kappa shape index (κ2) is 5.32. The number of alkyl halides is 4. The Kier molecular flexibility index (Phi) is 5.08. The van der Waals surface area contributed by atoms with Gasteiger partial charge in [-0.3, -0.25) is 0 Å². The minimum atomic E-state index is -4.79. The maximum Gasteiger partial charge on any atom is 0.422 e. The van der Waals surface area contributed by atoms with E-state index in [1.807, 2.05) is 0 Å². The Balaban J connectivity index is 3.72. The molecule has 0 spiro atoms. The first-order chi connectivity index (χ1) is 6.31. The van der Waals surface area contributed by atoms with Crippen LogP contribution in [0.15, 0.2) is 0 Å². The molecule has 0 aromatic rings. The molecular formula is C9H14F4O. The summed E-state index contributed by atoms with van der Waals surface area (Å²) in [6.45, 7) is 0.548. The molecule has 0 aliphatic carbocycles. The Hall–Kier alpha value is -0.610. The molecule has 0 saturated heterocycles. The Bertz CT molecular complexity index is 174. The quantitative estimate of drug-likeness (QED) is 0.376. The van der Waals surface area contributed by atoms with Crippen molar-refractivity contribution in [3.8, 4) is 0 Å². The molecule has 0 aliphatic rings. The van der Waals surface area contributed by atoms with E-state index >= 15 is 0 Å². The van der Waals surface area contributed by atoms with Crippen molar-refractivity contribution in [1.29, 1.82) is 0 Å². The van der Waals surface area contributed by atoms with Crippen LogP contribution in [0.5, 0.6) is 0 Å². The Morgan fingerprint density at radius 1 is 1.07 bits per heavy atom. The SMILES string of the molecule is CC(F)(CCCCCC=O)C(F)(F)F. The first-order valence-corrected chi connectivity index (χ1v) is 4.50. The summed E-state index contributed by atoms with van der Waals surface area (Å²) >= 11 is 0. The van der Waals surface area contributed by atoms with E-state index in [-0.39, 0.29) is 6.42 Å². The monoisotopic (exact) mass is 214 g/mol. The van der Waals surface area contributed by atoms with E-state index in [0.29, 0.717) is 32.5 Å². The van der Waals surface area contributed by atoms with Crippen LogP contribution in [0.1, 0.15) is 39.0 Å². The van der Waals surface area contributed by atoms with E-state index in [1.165, 1.54) is 0 Å². The number of carbonyl (C=O) groups excluding carboxylic acids is 1. The highest BCUT2D eigenvalue weighted by atomic mass is 19.4. The third-order valence-electron chi connectivity index (χ3n) is 2.06. The summed E-state index contributed by atoms with van der Waals surface area (Å²) in [4.78, 5) is 9.87. The van der Waals surface area contributed by atoms with Gasteiger partial charge in [-0.15, -0.1) is 0 Å². The van der Waals surface area contributed by atoms with Gasteiger partial charge < -0.3 is 4.79 Å². The number of halogens is 4. The standard InChI is InChI=1S/C9H14F4O/c1-8(10,9(11,12)13)6-4-2-3-5-7-14/h7H,2-6H2,1H3. The lowest BCUT2D eigenvalue weighted by Crippen LogP contribution is -2.37. The molecule has 0 aromatic carbocycles. The average Bonchev–Trinajstić information content (AvgIpc) is 2.02. The highest BCUT2D eigenvalue weighted by molar-refractivity contribution is 5.48. The lowest BCUT2D eigenvalue weighted by molar-refractivity contribution is -0.226. The van der Waals surface area contributed by atoms with Crippen molar-refractivity contribution >= 4 is 6.29 Å². The second-order valence-electron chi connectivity index (χ2n) is 3.46. The lowest BCUT2D eigenvalue weighted by atomic mass is 9.99. The smallest absolute Gasteiger partial charge is 0.303 e. The van der Waals surface area contributed by atoms with Crippen LogP contribution in [0.4, 0.5) is 17.6 Å². The van der Waals surface area contributed by atoms with E-state index in [4.69, 9.17) is 0 Å². The number of unbranched alkanes of at least 4 members (excludes halogenated alkanes) is 3. The molecule has 0 aliphatic heterocycles. The summed E-state index contributed by atoms with van der Waals surface area (Å²) < 4.78 is 48.8. The van der Waals surface area contributed by atoms with Crippen molar-refractivity contribution in [3.05, 3.63) is 0 Å². The largest absolute Gasteiger partial charge is 0.422 e. The highest BCUT2D eigenvalue weighted by Gasteiger charge is 2.51. The maximum atomic E-state index is 12.9. The zero-order valence-corrected chi connectivity index (χ0v) is 8.03. The Labute approximate surface area is 80.5 Å². The Morgan fingerprint density at radius 2 is 1.64 bits per heavy atom. The van der Waals surface area contributed by atoms with Crippen LogP contribution in [0.25, 0.3) is 0 Å². The average molecular weight is 214 g/mol. The third-order valence-corrected chi connectivity index (χ3v) is 2.06. The fourth-order valence-electron chi connectivity index (χ4n) is 1.00. The number of aldehydes is 1. The van der Waals surface area contributed by atoms with Crippen LogP contribution in [0, 0.1) is 0 Å². The van der Waals surface area contributed by atoms with Gasteiger partial charge in [-0.25, -0.2) is 4.39 Å². The number of carbonyl (C=O) groups is 1. The first kappa shape index (κ1) is 13.4. The van der Waals surface area contributed by atoms with Gasteiger partial charge in [-0.2, -0.15) is 13.2 Å². The molecule has 0 rings (SSSR count). The zero-order chi connectivity index (χ0) is 11.2. The zero-order valence-electron chi connectivity index (χ0n) is 8.03. The minimum Gasteiger partial charge on any atom is -0.303 e. The van der Waals surface area contributed by atoms with E-state index in [0.717, 1.165) is 0 Å². The van der Waals surface area contributed by atoms with Gasteiger partial charge in [0.25, 0.3) is 0 Å². The van der Waals surface area contributed by atoms with Gasteiger partial charge in [0.15, 0.2) is 0 Å². The molecule has 0 heterocycles. The summed E-state index contributed by atoms with van der Waals surface area (Å²) in [5.41, 5.74) is -3.10. The van der Waals surface area contributed by atoms with Gasteiger partial charge in [0.05, 0.1) is 0 Å². The van der Waals surface area contributed by atoms with Gasteiger partial charge in [0.2, 0.25) is 5.67 Å². The van der Waals surface area contributed by atoms with Crippen LogP contribution >= 0.6 is 0 Å². The number of hydrogen-bond donors (Lipinski definition) is 0. The summed E-state index contributed by atoms with van der Waals surface area (Å²) in [5, 5.41) is 0. The Morgan fingerprint density at radius 3 is 2.07 bits per heavy atom. The molecule has 0 radical (unpaired) electrons. The maximum absolute atomic E-state index is 12.9. The minimum absolute atomic E-state index is 0.153. The molecule has 0 saturated carbocycles. The topological polar surface area (TPSA) is 17.1 Å². The van der Waals surface area contributed by atoms with Gasteiger partial charge in [-0.05, 0) is 26.2 Å². The molecule has 0 fully saturated rings. The molecule has 0 N–H and O–H groups in total. The van der Waals surface area contributed by atoms with Crippen LogP contribution < -0.4 is 0 Å². The van der Waals surface area contributed by atoms with E-state index in [9.17, 15) is 22.4 Å². The molecular weight excluding hydrogens is 200 g/mol. The van der Waals surface area contributed by atoms with E-state index in [1.54, 1.807) is 0 Å². The van der Waals surface area contributed by atoms with Crippen LogP contribution in [-0.4, -0.2) is 18.1 Å². The molecule has 0 bridgehead atoms. The highest BCUT2D eigenvalue weighted by Crippen LogP contribution is 2.37. The summed E-state index contributed by atoms with van der Waals surface area (Å²) in [7, 11) is 0. The predicted molar refractivity (Wildman–Crippen MR) is 44.7 cm³/mol. The van der Waals surface area contributed by atoms with Crippen molar-refractivity contribution in [2.24, 2.45) is 0 Å². The van der Waals surface area contributed by atoms with Crippen molar-refractivity contribution < 1.29 is 22.4 Å². The molecule has 5 heteroatoms. The molecule has 84 valence electrons. The van der Waals surface area contributed by atoms with Crippen LogP contribution in [0.2, 0.25) is 0 Å².